The van der Waals surface area contributed by atoms with E-state index in [4.69, 9.17) is 0 Å². The Bertz CT molecular complexity index is 968. The van der Waals surface area contributed by atoms with E-state index >= 15 is 0 Å². The SMILES string of the molecule is CC(=O)N1N=C(c2cc(F)ccc2F)S[C@@]12c1ccccc1NC[C@H]2CCO. The Morgan fingerprint density at radius 3 is 2.89 bits per heavy atom. The van der Waals surface area contributed by atoms with Crippen molar-refractivity contribution < 1.29 is 18.7 Å². The van der Waals surface area contributed by atoms with E-state index in [0.717, 1.165) is 29.4 Å². The van der Waals surface area contributed by atoms with Gasteiger partial charge in [0.1, 0.15) is 21.5 Å². The Labute approximate surface area is 165 Å². The van der Waals surface area contributed by atoms with Gasteiger partial charge in [-0.1, -0.05) is 30.0 Å². The fourth-order valence-corrected chi connectivity index (χ4v) is 5.47. The Hall–Kier alpha value is -2.45. The van der Waals surface area contributed by atoms with Crippen LogP contribution in [0.3, 0.4) is 0 Å². The van der Waals surface area contributed by atoms with Crippen LogP contribution in [0.2, 0.25) is 0 Å². The third-order valence-electron chi connectivity index (χ3n) is 5.10. The number of hydrazone groups is 1. The highest BCUT2D eigenvalue weighted by molar-refractivity contribution is 8.15. The van der Waals surface area contributed by atoms with Crippen molar-refractivity contribution in [2.75, 3.05) is 18.5 Å². The van der Waals surface area contributed by atoms with Gasteiger partial charge in [-0.2, -0.15) is 5.10 Å². The molecule has 0 bridgehead atoms. The van der Waals surface area contributed by atoms with Crippen LogP contribution in [0.15, 0.2) is 47.6 Å². The molecule has 2 N–H and O–H groups in total. The van der Waals surface area contributed by atoms with Crippen LogP contribution in [-0.4, -0.2) is 34.2 Å². The van der Waals surface area contributed by atoms with Crippen LogP contribution in [0.1, 0.15) is 24.5 Å². The van der Waals surface area contributed by atoms with E-state index in [9.17, 15) is 18.7 Å². The molecule has 2 aliphatic heterocycles. The molecule has 1 amide bonds. The first-order valence-corrected chi connectivity index (χ1v) is 9.77. The van der Waals surface area contributed by atoms with E-state index in [-0.39, 0.29) is 29.0 Å². The van der Waals surface area contributed by atoms with Crippen LogP contribution < -0.4 is 5.32 Å². The van der Waals surface area contributed by atoms with Crippen molar-refractivity contribution in [3.63, 3.8) is 0 Å². The number of carbonyl (C=O) groups is 1. The molecule has 0 aromatic heterocycles. The number of aliphatic hydroxyl groups is 1. The fourth-order valence-electron chi connectivity index (χ4n) is 3.87. The minimum absolute atomic E-state index is 0.0203. The normalized spacial score (nSPS) is 23.4. The zero-order valence-electron chi connectivity index (χ0n) is 15.2. The number of anilines is 1. The van der Waals surface area contributed by atoms with Gasteiger partial charge in [-0.25, -0.2) is 13.8 Å². The molecule has 2 aromatic carbocycles. The second-order valence-electron chi connectivity index (χ2n) is 6.79. The first kappa shape index (κ1) is 18.9. The second-order valence-corrected chi connectivity index (χ2v) is 8.01. The number of carbonyl (C=O) groups excluding carboxylic acids is 1. The van der Waals surface area contributed by atoms with Gasteiger partial charge in [-0.15, -0.1) is 0 Å². The summed E-state index contributed by atoms with van der Waals surface area (Å²) >= 11 is 1.23. The molecule has 0 fully saturated rings. The van der Waals surface area contributed by atoms with Gasteiger partial charge in [-0.3, -0.25) is 4.79 Å². The summed E-state index contributed by atoms with van der Waals surface area (Å²) in [5.41, 5.74) is 1.70. The van der Waals surface area contributed by atoms with Gasteiger partial charge < -0.3 is 10.4 Å². The number of halogens is 2. The number of para-hydroxylation sites is 1. The fraction of sp³-hybridized carbons (Fsp3) is 0.300. The van der Waals surface area contributed by atoms with Gasteiger partial charge >= 0.3 is 0 Å². The van der Waals surface area contributed by atoms with Crippen molar-refractivity contribution in [2.24, 2.45) is 11.0 Å². The number of nitrogens with one attached hydrogen (secondary N) is 1. The van der Waals surface area contributed by atoms with Crippen molar-refractivity contribution in [3.8, 4) is 0 Å². The summed E-state index contributed by atoms with van der Waals surface area (Å²) in [5.74, 6) is -1.67. The first-order valence-electron chi connectivity index (χ1n) is 8.95. The number of thioether (sulfide) groups is 1. The molecule has 0 saturated carbocycles. The number of fused-ring (bicyclic) bond motifs is 2. The molecular formula is C20H19F2N3O2S. The van der Waals surface area contributed by atoms with E-state index in [1.807, 2.05) is 24.3 Å². The predicted octanol–water partition coefficient (Wildman–Crippen LogP) is 3.50. The highest BCUT2D eigenvalue weighted by atomic mass is 32.2. The Kier molecular flexibility index (Phi) is 4.84. The quantitative estimate of drug-likeness (QED) is 0.823. The summed E-state index contributed by atoms with van der Waals surface area (Å²) in [7, 11) is 0. The van der Waals surface area contributed by atoms with E-state index in [0.29, 0.717) is 13.0 Å². The zero-order chi connectivity index (χ0) is 19.9. The maximum absolute atomic E-state index is 14.4. The molecule has 5 nitrogen and oxygen atoms in total. The Morgan fingerprint density at radius 1 is 1.36 bits per heavy atom. The lowest BCUT2D eigenvalue weighted by Crippen LogP contribution is -2.51. The van der Waals surface area contributed by atoms with E-state index in [1.165, 1.54) is 23.7 Å². The lowest BCUT2D eigenvalue weighted by Gasteiger charge is -2.45. The zero-order valence-corrected chi connectivity index (χ0v) is 16.0. The van der Waals surface area contributed by atoms with E-state index < -0.39 is 16.5 Å². The summed E-state index contributed by atoms with van der Waals surface area (Å²) in [5, 5.41) is 19.0. The maximum Gasteiger partial charge on any atom is 0.241 e. The molecule has 146 valence electrons. The Balaban J connectivity index is 1.89. The van der Waals surface area contributed by atoms with E-state index in [1.54, 1.807) is 0 Å². The van der Waals surface area contributed by atoms with Crippen molar-refractivity contribution in [3.05, 3.63) is 65.2 Å². The van der Waals surface area contributed by atoms with Gasteiger partial charge in [0, 0.05) is 42.8 Å². The molecule has 4 rings (SSSR count). The van der Waals surface area contributed by atoms with Gasteiger partial charge in [0.05, 0.1) is 0 Å². The molecule has 2 aromatic rings. The van der Waals surface area contributed by atoms with Crippen molar-refractivity contribution in [1.82, 2.24) is 5.01 Å². The molecule has 28 heavy (non-hydrogen) atoms. The average molecular weight is 403 g/mol. The van der Waals surface area contributed by atoms with Gasteiger partial charge in [0.2, 0.25) is 5.91 Å². The van der Waals surface area contributed by atoms with Crippen LogP contribution >= 0.6 is 11.8 Å². The summed E-state index contributed by atoms with van der Waals surface area (Å²) < 4.78 is 28.2. The number of rotatable bonds is 3. The molecule has 2 aliphatic rings. The van der Waals surface area contributed by atoms with Crippen LogP contribution in [-0.2, 0) is 9.67 Å². The number of aliphatic hydroxyl groups excluding tert-OH is 1. The lowest BCUT2D eigenvalue weighted by molar-refractivity contribution is -0.133. The summed E-state index contributed by atoms with van der Waals surface area (Å²) in [6.45, 7) is 1.85. The van der Waals surface area contributed by atoms with Crippen molar-refractivity contribution in [2.45, 2.75) is 18.2 Å². The average Bonchev–Trinajstić information content (AvgIpc) is 3.08. The van der Waals surface area contributed by atoms with Crippen molar-refractivity contribution in [1.29, 1.82) is 0 Å². The van der Waals surface area contributed by atoms with Gasteiger partial charge in [0.25, 0.3) is 0 Å². The van der Waals surface area contributed by atoms with Crippen LogP contribution in [0.4, 0.5) is 14.5 Å². The number of amides is 1. The third kappa shape index (κ3) is 2.87. The largest absolute Gasteiger partial charge is 0.396 e. The maximum atomic E-state index is 14.4. The molecular weight excluding hydrogens is 384 g/mol. The Morgan fingerprint density at radius 2 is 2.14 bits per heavy atom. The molecule has 0 aliphatic carbocycles. The van der Waals surface area contributed by atoms with Gasteiger partial charge in [0.15, 0.2) is 0 Å². The predicted molar refractivity (Wildman–Crippen MR) is 105 cm³/mol. The van der Waals surface area contributed by atoms with Crippen LogP contribution in [0, 0.1) is 17.6 Å². The number of nitrogens with zero attached hydrogens (tertiary/aromatic N) is 2. The number of benzene rings is 2. The molecule has 0 radical (unpaired) electrons. The first-order chi connectivity index (χ1) is 13.5. The number of hydrogen-bond donors (Lipinski definition) is 2. The molecule has 2 heterocycles. The molecule has 0 saturated heterocycles. The minimum Gasteiger partial charge on any atom is -0.396 e. The summed E-state index contributed by atoms with van der Waals surface area (Å²) in [6.07, 6.45) is 0.423. The smallest absolute Gasteiger partial charge is 0.241 e. The van der Waals surface area contributed by atoms with Crippen LogP contribution in [0.25, 0.3) is 0 Å². The lowest BCUT2D eigenvalue weighted by atomic mass is 9.84. The standard InChI is InChI=1S/C20H19F2N3O2S/c1-12(27)25-20(28-19(24-25)15-10-14(21)6-7-17(15)22)13(8-9-26)11-23-18-5-3-2-4-16(18)20/h2-7,10,13,23,26H,8-9,11H2,1H3/t13-,20+/m1/s1. The molecule has 2 atom stereocenters. The highest BCUT2D eigenvalue weighted by Crippen LogP contribution is 2.56. The van der Waals surface area contributed by atoms with Gasteiger partial charge in [-0.05, 0) is 30.7 Å². The summed E-state index contributed by atoms with van der Waals surface area (Å²) in [4.78, 5) is 11.6. The molecule has 8 heteroatoms. The third-order valence-corrected chi connectivity index (χ3v) is 6.63. The topological polar surface area (TPSA) is 64.9 Å². The van der Waals surface area contributed by atoms with Crippen LogP contribution in [0.5, 0.6) is 0 Å². The van der Waals surface area contributed by atoms with E-state index in [2.05, 4.69) is 10.4 Å². The second kappa shape index (κ2) is 7.18. The van der Waals surface area contributed by atoms with Crippen molar-refractivity contribution >= 4 is 28.4 Å². The monoisotopic (exact) mass is 403 g/mol. The highest BCUT2D eigenvalue weighted by Gasteiger charge is 2.55. The molecule has 0 unspecified atom stereocenters. The summed E-state index contributed by atoms with van der Waals surface area (Å²) in [6, 6.07) is 10.7. The number of hydrogen-bond acceptors (Lipinski definition) is 5. The minimum atomic E-state index is -0.940. The molecule has 1 spiro atoms.